The Hall–Kier alpha value is -10.4. The normalized spacial score (nSPS) is 27.4. The molecule has 7 aromatic carbocycles. The molecule has 0 aliphatic carbocycles. The predicted molar refractivity (Wildman–Crippen MR) is 407 cm³/mol. The van der Waals surface area contributed by atoms with Gasteiger partial charge in [-0.25, -0.2) is 4.79 Å². The molecule has 7 amide bonds. The number of aliphatic carboxylic acids is 1. The SMILES string of the molecule is CC(C)C[C@@H](C)C(=O)N[C@H]1C(=O)N[C@@H](CC(N)=O)C(=O)N[C@H]2C(=O)NC3C(=O)N[C@H](C(=O)N[C@@H](C(=O)O)c4cc(O)cc(O)c4-c4cc3ccc4O)[C@H](O)c3ccc(c(Cl)c3)Oc3cc2cc(c3OC2OC(CN)C(O)C(O)C2OC2CC(C)(NCc3ccc(-c4ccc(Cl)cc4)cc3)C(O)C(C)O2)Oc2ccc(cc2Cl)[C@H]1O. The van der Waals surface area contributed by atoms with Crippen LogP contribution in [0, 0.1) is 11.8 Å². The number of ether oxygens (including phenoxy) is 6. The Morgan fingerprint density at radius 3 is 1.85 bits per heavy atom. The molecular formula is C79H84Cl3N9O23. The number of carboxylic acids is 1. The molecule has 14 rings (SSSR count). The third-order valence-electron chi connectivity index (χ3n) is 20.5. The van der Waals surface area contributed by atoms with Crippen LogP contribution in [0.15, 0.2) is 127 Å². The second kappa shape index (κ2) is 34.3. The number of hydrogen-bond donors (Lipinski definition) is 18. The van der Waals surface area contributed by atoms with Gasteiger partial charge >= 0.3 is 5.97 Å². The van der Waals surface area contributed by atoms with Crippen molar-refractivity contribution in [1.82, 2.24) is 37.2 Å². The minimum Gasteiger partial charge on any atom is -0.508 e. The van der Waals surface area contributed by atoms with Gasteiger partial charge in [0, 0.05) is 58.7 Å². The number of carbonyl (C=O) groups excluding carboxylic acids is 7. The van der Waals surface area contributed by atoms with Gasteiger partial charge in [0.25, 0.3) is 0 Å². The lowest BCUT2D eigenvalue weighted by Gasteiger charge is -2.48. The minimum atomic E-state index is -2.34. The highest BCUT2D eigenvalue weighted by Gasteiger charge is 2.52. The van der Waals surface area contributed by atoms with Gasteiger partial charge in [-0.3, -0.25) is 33.6 Å². The van der Waals surface area contributed by atoms with Gasteiger partial charge in [-0.05, 0) is 132 Å². The van der Waals surface area contributed by atoms with Gasteiger partial charge < -0.3 is 123 Å². The Morgan fingerprint density at radius 2 is 1.25 bits per heavy atom. The summed E-state index contributed by atoms with van der Waals surface area (Å²) in [5.74, 6) is -16.4. The second-order valence-corrected chi connectivity index (χ2v) is 30.5. The van der Waals surface area contributed by atoms with Crippen LogP contribution in [0.25, 0.3) is 22.3 Å². The number of aromatic hydroxyl groups is 3. The summed E-state index contributed by atoms with van der Waals surface area (Å²) in [6, 6.07) is 15.7. The zero-order valence-electron chi connectivity index (χ0n) is 61.6. The van der Waals surface area contributed by atoms with E-state index in [4.69, 9.17) is 74.7 Å². The number of amides is 7. The van der Waals surface area contributed by atoms with E-state index in [1.807, 2.05) is 50.2 Å². The van der Waals surface area contributed by atoms with Gasteiger partial charge in [0.1, 0.15) is 89.5 Å². The van der Waals surface area contributed by atoms with Crippen LogP contribution in [-0.4, -0.2) is 173 Å². The van der Waals surface area contributed by atoms with E-state index in [-0.39, 0.29) is 52.1 Å². The molecule has 7 aromatic rings. The van der Waals surface area contributed by atoms with Crippen molar-refractivity contribution in [3.63, 3.8) is 0 Å². The van der Waals surface area contributed by atoms with E-state index >= 15 is 14.4 Å². The van der Waals surface area contributed by atoms with Crippen molar-refractivity contribution in [2.24, 2.45) is 23.3 Å². The van der Waals surface area contributed by atoms with E-state index < -0.39 is 231 Å². The number of benzene rings is 7. The molecule has 7 heterocycles. The number of primary amides is 1. The van der Waals surface area contributed by atoms with Gasteiger partial charge in [0.15, 0.2) is 29.9 Å². The number of carbonyl (C=O) groups is 8. The molecule has 35 heteroatoms. The summed E-state index contributed by atoms with van der Waals surface area (Å²) in [6.45, 7) is 8.32. The lowest BCUT2D eigenvalue weighted by Crippen LogP contribution is -2.65. The highest BCUT2D eigenvalue weighted by Crippen LogP contribution is 2.50. The number of phenolic OH excluding ortho intramolecular Hbond substituents is 3. The first-order valence-electron chi connectivity index (χ1n) is 36.3. The average Bonchev–Trinajstić information content (AvgIpc) is 0.770. The number of nitrogens with two attached hydrogens (primary N) is 2. The second-order valence-electron chi connectivity index (χ2n) is 29.3. The van der Waals surface area contributed by atoms with Gasteiger partial charge in [-0.15, -0.1) is 0 Å². The third kappa shape index (κ3) is 17.9. The van der Waals surface area contributed by atoms with Crippen LogP contribution in [0.3, 0.4) is 0 Å². The Balaban J connectivity index is 1.04. The Labute approximate surface area is 666 Å². The first-order chi connectivity index (χ1) is 54.1. The quantitative estimate of drug-likeness (QED) is 0.0585. The Bertz CT molecular complexity index is 4870. The number of fused-ring (bicyclic) bond motifs is 15. The number of hydrogen-bond acceptors (Lipinski definition) is 24. The van der Waals surface area contributed by atoms with E-state index in [0.717, 1.165) is 77.4 Å². The van der Waals surface area contributed by atoms with Gasteiger partial charge in [0.05, 0.1) is 28.7 Å². The molecule has 2 fully saturated rings. The molecule has 114 heavy (non-hydrogen) atoms. The van der Waals surface area contributed by atoms with E-state index in [0.29, 0.717) is 11.4 Å². The summed E-state index contributed by atoms with van der Waals surface area (Å²) < 4.78 is 39.7. The fourth-order valence-corrected chi connectivity index (χ4v) is 15.1. The number of phenols is 3. The summed E-state index contributed by atoms with van der Waals surface area (Å²) in [6.07, 6.45) is -17.8. The monoisotopic (exact) mass is 1630 g/mol. The van der Waals surface area contributed by atoms with E-state index in [1.165, 1.54) is 18.2 Å². The highest BCUT2D eigenvalue weighted by atomic mass is 35.5. The van der Waals surface area contributed by atoms with Crippen LogP contribution < -0.4 is 62.9 Å². The summed E-state index contributed by atoms with van der Waals surface area (Å²) in [7, 11) is 0. The maximum absolute atomic E-state index is 16.2. The molecule has 0 spiro atoms. The number of carboxylic acid groups (broad SMARTS) is 1. The Morgan fingerprint density at radius 1 is 0.649 bits per heavy atom. The third-order valence-corrected chi connectivity index (χ3v) is 21.4. The molecule has 0 saturated carbocycles. The van der Waals surface area contributed by atoms with Gasteiger partial charge in [0.2, 0.25) is 53.4 Å². The maximum atomic E-state index is 16.2. The van der Waals surface area contributed by atoms with Crippen molar-refractivity contribution in [3.05, 3.63) is 176 Å². The minimum absolute atomic E-state index is 0.0435. The standard InChI is InChI=1S/C79H84Cl3N9O23/c1-32(2)20-33(3)71(101)90-62-64(96)39-13-18-51(46(81)22-39)110-53-24-41-25-54(68(53)114-78-69(67(99)66(98)55(30-83)112-78)113-57-29-79(5,70(100)34(4)109-57)85-31-35-6-8-36(9-7-35)37-10-15-42(80)16-11-37)111-52-19-14-40(23-47(52)82)65(97)63-76(106)89-61(77(107)108)45-26-43(92)27-50(94)58(45)44-21-38(12-17-49(44)93)59(73(103)91-63)88-74(104)60(41)87-72(102)48(28-56(84)95)86-75(62)105/h6-19,21-27,32-34,48,55,57,59-67,69-70,78,85,92-94,96-100H,20,28-31,83H2,1-5H3,(H2,84,95)(H,86,105)(H,87,102)(H,88,104)(H,89,106)(H,90,101)(H,91,103)(H,107,108)/t33-,34?,48+,55?,57?,59?,60-,61-,62-,63+,64-,65-,66?,67?,69?,70?,78?,79?/m1/s1. The molecule has 7 aliphatic heterocycles. The van der Waals surface area contributed by atoms with Crippen molar-refractivity contribution >= 4 is 82.1 Å². The smallest absolute Gasteiger partial charge is 0.330 e. The van der Waals surface area contributed by atoms with Crippen LogP contribution >= 0.6 is 34.8 Å². The zero-order valence-corrected chi connectivity index (χ0v) is 63.8. The highest BCUT2D eigenvalue weighted by molar-refractivity contribution is 6.32. The summed E-state index contributed by atoms with van der Waals surface area (Å²) in [4.78, 5) is 118. The number of halogens is 3. The fraction of sp³-hybridized carbons (Fsp3) is 0.367. The van der Waals surface area contributed by atoms with Crippen molar-refractivity contribution < 1.29 is 113 Å². The molecule has 0 radical (unpaired) electrons. The average molecular weight is 1630 g/mol. The largest absolute Gasteiger partial charge is 0.508 e. The lowest BCUT2D eigenvalue weighted by molar-refractivity contribution is -0.331. The van der Waals surface area contributed by atoms with Crippen LogP contribution in [-0.2, 0) is 59.1 Å². The number of rotatable bonds is 16. The molecular weight excluding hydrogens is 1550 g/mol. The first-order valence-corrected chi connectivity index (χ1v) is 37.4. The van der Waals surface area contributed by atoms with E-state index in [9.17, 15) is 69.9 Å². The molecule has 7 aliphatic rings. The molecule has 604 valence electrons. The van der Waals surface area contributed by atoms with Crippen LogP contribution in [0.4, 0.5) is 0 Å². The lowest BCUT2D eigenvalue weighted by atomic mass is 9.84. The number of nitrogens with one attached hydrogen (secondary N) is 7. The van der Waals surface area contributed by atoms with E-state index in [1.54, 1.807) is 32.9 Å². The molecule has 11 bridgehead atoms. The van der Waals surface area contributed by atoms with E-state index in [2.05, 4.69) is 37.2 Å². The molecule has 0 aromatic heterocycles. The summed E-state index contributed by atoms with van der Waals surface area (Å²) >= 11 is 20.5. The first kappa shape index (κ1) is 83.0. The van der Waals surface area contributed by atoms with Crippen LogP contribution in [0.1, 0.15) is 118 Å². The predicted octanol–water partition coefficient (Wildman–Crippen LogP) is 5.27. The molecule has 2 saturated heterocycles. The molecule has 32 nitrogen and oxygen atoms in total. The molecule has 10 unspecified atom stereocenters. The van der Waals surface area contributed by atoms with Crippen molar-refractivity contribution in [3.8, 4) is 68.2 Å². The van der Waals surface area contributed by atoms with Crippen LogP contribution in [0.5, 0.6) is 46.0 Å². The summed E-state index contributed by atoms with van der Waals surface area (Å²) in [5, 5.41) is 124. The van der Waals surface area contributed by atoms with Crippen molar-refractivity contribution in [2.75, 3.05) is 6.54 Å². The van der Waals surface area contributed by atoms with Crippen molar-refractivity contribution in [2.45, 2.75) is 164 Å². The molecule has 20 N–H and O–H groups in total. The van der Waals surface area contributed by atoms with Gasteiger partial charge in [-0.2, -0.15) is 0 Å². The van der Waals surface area contributed by atoms with Gasteiger partial charge in [-0.1, -0.05) is 110 Å². The topological polar surface area (TPSA) is 510 Å². The number of aliphatic hydroxyl groups excluding tert-OH is 5. The maximum Gasteiger partial charge on any atom is 0.330 e. The molecule has 18 atom stereocenters. The Kier molecular flexibility index (Phi) is 25.0. The fourth-order valence-electron chi connectivity index (χ4n) is 14.5. The zero-order chi connectivity index (χ0) is 82.2. The van der Waals surface area contributed by atoms with Crippen molar-refractivity contribution in [1.29, 1.82) is 0 Å². The summed E-state index contributed by atoms with van der Waals surface area (Å²) in [5.41, 5.74) is 10.7. The van der Waals surface area contributed by atoms with Crippen LogP contribution in [0.2, 0.25) is 15.1 Å². The number of aliphatic hydroxyl groups is 5.